The third kappa shape index (κ3) is 7.56. The molecular formula is C32H54O4PSi+. The van der Waals surface area contributed by atoms with Crippen molar-refractivity contribution in [3.05, 3.63) is 18.2 Å². The molecule has 1 N–H and O–H groups in total. The van der Waals surface area contributed by atoms with E-state index in [0.717, 1.165) is 41.8 Å². The van der Waals surface area contributed by atoms with E-state index in [4.69, 9.17) is 14.2 Å². The molecule has 214 valence electrons. The Morgan fingerprint density at radius 3 is 1.76 bits per heavy atom. The van der Waals surface area contributed by atoms with Crippen LogP contribution >= 0.6 is 7.26 Å². The minimum absolute atomic E-state index is 0.0725. The summed E-state index contributed by atoms with van der Waals surface area (Å²) in [6, 6.07) is 7.26. The molecule has 1 aromatic rings. The van der Waals surface area contributed by atoms with Crippen molar-refractivity contribution < 1.29 is 19.3 Å². The number of rotatable bonds is 14. The van der Waals surface area contributed by atoms with Crippen molar-refractivity contribution in [2.45, 2.75) is 146 Å². The van der Waals surface area contributed by atoms with Gasteiger partial charge in [-0.3, -0.25) is 0 Å². The van der Waals surface area contributed by atoms with Gasteiger partial charge in [-0.1, -0.05) is 25.3 Å². The van der Waals surface area contributed by atoms with Crippen molar-refractivity contribution in [3.8, 4) is 11.5 Å². The van der Waals surface area contributed by atoms with Crippen molar-refractivity contribution in [1.82, 2.24) is 0 Å². The van der Waals surface area contributed by atoms with E-state index in [0.29, 0.717) is 28.5 Å². The zero-order valence-corrected chi connectivity index (χ0v) is 26.2. The highest BCUT2D eigenvalue weighted by Gasteiger charge is 2.60. The molecule has 3 saturated carbocycles. The number of aromatic hydroxyl groups is 1. The molecule has 0 atom stereocenters. The second kappa shape index (κ2) is 16.0. The summed E-state index contributed by atoms with van der Waals surface area (Å²) in [4.78, 5) is 0. The van der Waals surface area contributed by atoms with Crippen LogP contribution in [0.2, 0.25) is 6.04 Å². The van der Waals surface area contributed by atoms with Gasteiger partial charge in [0.2, 0.25) is 0 Å². The van der Waals surface area contributed by atoms with Crippen LogP contribution in [0, 0.1) is 0 Å². The minimum Gasteiger partial charge on any atom is -0.508 e. The highest BCUT2D eigenvalue weighted by Crippen LogP contribution is 2.77. The lowest BCUT2D eigenvalue weighted by molar-refractivity contribution is -0.0828. The van der Waals surface area contributed by atoms with Crippen molar-refractivity contribution in [2.24, 2.45) is 0 Å². The molecule has 2 radical (unpaired) electrons. The minimum atomic E-state index is -1.55. The van der Waals surface area contributed by atoms with Crippen LogP contribution in [0.4, 0.5) is 0 Å². The van der Waals surface area contributed by atoms with Crippen LogP contribution in [0.5, 0.6) is 11.5 Å². The number of phenols is 1. The van der Waals surface area contributed by atoms with E-state index < -0.39 is 7.26 Å². The SMILES string of the molecule is CCOC(OCC)[Si]CCCOc1ccc(O)cc1[P+](C1CCCCC1)(C1CCCCC1)C1CCCCC1. The summed E-state index contributed by atoms with van der Waals surface area (Å²) in [5, 5.41) is 12.4. The maximum Gasteiger partial charge on any atom is 0.161 e. The summed E-state index contributed by atoms with van der Waals surface area (Å²) in [6.07, 6.45) is 21.9. The van der Waals surface area contributed by atoms with Crippen molar-refractivity contribution >= 4 is 22.1 Å². The van der Waals surface area contributed by atoms with E-state index in [1.807, 2.05) is 19.9 Å². The molecular weight excluding hydrogens is 507 g/mol. The highest BCUT2D eigenvalue weighted by atomic mass is 31.2. The van der Waals surface area contributed by atoms with Gasteiger partial charge in [0, 0.05) is 19.3 Å². The first-order chi connectivity index (χ1) is 18.7. The maximum absolute atomic E-state index is 10.9. The molecule has 0 saturated heterocycles. The Bertz CT molecular complexity index is 751. The Hall–Kier alpha value is -0.613. The molecule has 0 spiro atoms. The Labute approximate surface area is 236 Å². The van der Waals surface area contributed by atoms with Crippen LogP contribution < -0.4 is 10.0 Å². The Kier molecular flexibility index (Phi) is 12.8. The van der Waals surface area contributed by atoms with Gasteiger partial charge in [0.05, 0.1) is 30.8 Å². The second-order valence-corrected chi connectivity index (χ2v) is 17.5. The number of hydrogen-bond donors (Lipinski definition) is 1. The van der Waals surface area contributed by atoms with E-state index in [9.17, 15) is 5.11 Å². The van der Waals surface area contributed by atoms with Crippen LogP contribution in [-0.4, -0.2) is 57.3 Å². The third-order valence-electron chi connectivity index (χ3n) is 9.42. The molecule has 6 heteroatoms. The van der Waals surface area contributed by atoms with E-state index in [2.05, 4.69) is 12.1 Å². The largest absolute Gasteiger partial charge is 0.508 e. The van der Waals surface area contributed by atoms with Crippen LogP contribution in [0.25, 0.3) is 0 Å². The fourth-order valence-corrected chi connectivity index (χ4v) is 16.5. The Balaban J connectivity index is 1.61. The summed E-state index contributed by atoms with van der Waals surface area (Å²) < 4.78 is 18.2. The summed E-state index contributed by atoms with van der Waals surface area (Å²) in [5.74, 6) is 1.47. The fourth-order valence-electron chi connectivity index (χ4n) is 7.88. The molecule has 3 aliphatic carbocycles. The first-order valence-electron chi connectivity index (χ1n) is 16.0. The molecule has 0 aliphatic heterocycles. The van der Waals surface area contributed by atoms with E-state index in [1.54, 1.807) is 0 Å². The molecule has 0 amide bonds. The van der Waals surface area contributed by atoms with Gasteiger partial charge < -0.3 is 19.3 Å². The van der Waals surface area contributed by atoms with Gasteiger partial charge in [0.15, 0.2) is 5.75 Å². The van der Waals surface area contributed by atoms with Crippen molar-refractivity contribution in [1.29, 1.82) is 0 Å². The van der Waals surface area contributed by atoms with Gasteiger partial charge >= 0.3 is 0 Å². The summed E-state index contributed by atoms with van der Waals surface area (Å²) in [7, 11) is -0.910. The maximum atomic E-state index is 10.9. The number of benzene rings is 1. The van der Waals surface area contributed by atoms with Gasteiger partial charge in [-0.2, -0.15) is 0 Å². The van der Waals surface area contributed by atoms with Crippen LogP contribution in [0.1, 0.15) is 117 Å². The summed E-state index contributed by atoms with van der Waals surface area (Å²) in [6.45, 7) is 6.19. The average molecular weight is 562 g/mol. The molecule has 0 unspecified atom stereocenters. The number of phenolic OH excluding ortho intramolecular Hbond substituents is 1. The van der Waals surface area contributed by atoms with E-state index in [1.165, 1.54) is 102 Å². The topological polar surface area (TPSA) is 47.9 Å². The first-order valence-corrected chi connectivity index (χ1v) is 19.3. The predicted octanol–water partition coefficient (Wildman–Crippen LogP) is 8.28. The molecule has 3 fully saturated rings. The van der Waals surface area contributed by atoms with E-state index >= 15 is 0 Å². The quantitative estimate of drug-likeness (QED) is 0.107. The normalized spacial score (nSPS) is 20.7. The Morgan fingerprint density at radius 1 is 0.789 bits per heavy atom. The predicted molar refractivity (Wildman–Crippen MR) is 163 cm³/mol. The monoisotopic (exact) mass is 561 g/mol. The standard InChI is InChI=1S/C32H53O4PSi/c1-3-34-32(35-4-2)38-24-14-23-36-30-22-21-26(33)25-31(30)37(27-15-8-5-9-16-27,28-17-10-6-11-18-28)29-19-12-7-13-20-29/h21-22,25,27-29,32H,3-20,23-24H2,1-2H3/p+1. The van der Waals surface area contributed by atoms with Gasteiger partial charge in [-0.05, 0) is 109 Å². The van der Waals surface area contributed by atoms with Gasteiger partial charge in [0.25, 0.3) is 0 Å². The number of hydrogen-bond acceptors (Lipinski definition) is 4. The lowest BCUT2D eigenvalue weighted by Crippen LogP contribution is -2.42. The smallest absolute Gasteiger partial charge is 0.161 e. The molecule has 3 aliphatic rings. The average Bonchev–Trinajstić information content (AvgIpc) is 2.96. The molecule has 0 aromatic heterocycles. The molecule has 38 heavy (non-hydrogen) atoms. The molecule has 1 aromatic carbocycles. The van der Waals surface area contributed by atoms with Crippen LogP contribution in [-0.2, 0) is 9.47 Å². The lowest BCUT2D eigenvalue weighted by atomic mass is 9.99. The lowest BCUT2D eigenvalue weighted by Gasteiger charge is -2.49. The fraction of sp³-hybridized carbons (Fsp3) is 0.812. The highest BCUT2D eigenvalue weighted by molar-refractivity contribution is 7.85. The van der Waals surface area contributed by atoms with E-state index in [-0.39, 0.29) is 5.91 Å². The third-order valence-corrected chi connectivity index (χ3v) is 17.1. The van der Waals surface area contributed by atoms with Gasteiger partial charge in [0.1, 0.15) is 26.5 Å². The second-order valence-electron chi connectivity index (χ2n) is 11.8. The van der Waals surface area contributed by atoms with Crippen molar-refractivity contribution in [3.63, 3.8) is 0 Å². The van der Waals surface area contributed by atoms with Crippen molar-refractivity contribution in [2.75, 3.05) is 19.8 Å². The van der Waals surface area contributed by atoms with Gasteiger partial charge in [-0.25, -0.2) is 0 Å². The zero-order chi connectivity index (χ0) is 26.6. The molecule has 0 heterocycles. The summed E-state index contributed by atoms with van der Waals surface area (Å²) >= 11 is 0. The Morgan fingerprint density at radius 2 is 1.29 bits per heavy atom. The first kappa shape index (κ1) is 30.3. The molecule has 4 nitrogen and oxygen atoms in total. The number of ether oxygens (including phenoxy) is 3. The van der Waals surface area contributed by atoms with Crippen LogP contribution in [0.15, 0.2) is 18.2 Å². The summed E-state index contributed by atoms with van der Waals surface area (Å²) in [5.41, 5.74) is 2.48. The van der Waals surface area contributed by atoms with Crippen LogP contribution in [0.3, 0.4) is 0 Å². The molecule has 4 rings (SSSR count). The zero-order valence-electron chi connectivity index (χ0n) is 24.3. The molecule has 0 bridgehead atoms. The van der Waals surface area contributed by atoms with Gasteiger partial charge in [-0.15, -0.1) is 0 Å².